The van der Waals surface area contributed by atoms with Gasteiger partial charge in [0.15, 0.2) is 11.2 Å². The molecule has 0 amide bonds. The summed E-state index contributed by atoms with van der Waals surface area (Å²) in [5.41, 5.74) is 8.49. The molecule has 0 aliphatic carbocycles. The van der Waals surface area contributed by atoms with Crippen molar-refractivity contribution < 1.29 is 18.3 Å². The second-order valence-corrected chi connectivity index (χ2v) is 8.87. The van der Waals surface area contributed by atoms with Crippen molar-refractivity contribution in [1.29, 1.82) is 0 Å². The minimum Gasteiger partial charge on any atom is -0.496 e. The standard InChI is InChI=1S/C24H27F2N3O3/c1-13(30)18-12-29-19(9-20(18)31)16-8-21(32-5)17(15(10-27)11-28-23(25)26)6-14(16)7-22(29)24(2,3)4/h6,8-12,22-23H,7,27H2,1-5H3. The highest BCUT2D eigenvalue weighted by atomic mass is 19.3. The number of hydrogen-bond acceptors (Lipinski definition) is 5. The summed E-state index contributed by atoms with van der Waals surface area (Å²) in [6.45, 7) is 4.78. The summed E-state index contributed by atoms with van der Waals surface area (Å²) in [4.78, 5) is 27.8. The normalized spacial score (nSPS) is 16.2. The Hall–Kier alpha value is -3.29. The van der Waals surface area contributed by atoms with Gasteiger partial charge in [-0.2, -0.15) is 8.78 Å². The lowest BCUT2D eigenvalue weighted by molar-refractivity contribution is 0.101. The number of aromatic nitrogens is 1. The van der Waals surface area contributed by atoms with Crippen LogP contribution in [0, 0.1) is 5.41 Å². The Kier molecular flexibility index (Phi) is 6.34. The van der Waals surface area contributed by atoms with Crippen LogP contribution in [-0.4, -0.2) is 30.2 Å². The molecule has 0 spiro atoms. The number of methoxy groups -OCH3 is 1. The van der Waals surface area contributed by atoms with E-state index < -0.39 is 6.55 Å². The van der Waals surface area contributed by atoms with E-state index in [0.717, 1.165) is 17.3 Å². The molecule has 1 atom stereocenters. The highest BCUT2D eigenvalue weighted by Crippen LogP contribution is 2.44. The number of pyridine rings is 1. The summed E-state index contributed by atoms with van der Waals surface area (Å²) >= 11 is 0. The summed E-state index contributed by atoms with van der Waals surface area (Å²) in [5, 5.41) is 0. The molecule has 32 heavy (non-hydrogen) atoms. The van der Waals surface area contributed by atoms with Gasteiger partial charge in [-0.3, -0.25) is 9.59 Å². The monoisotopic (exact) mass is 443 g/mol. The molecule has 0 fully saturated rings. The molecule has 2 N–H and O–H groups in total. The Balaban J connectivity index is 2.29. The highest BCUT2D eigenvalue weighted by molar-refractivity contribution is 6.11. The number of nitrogens with two attached hydrogens (primary N) is 1. The number of fused-ring (bicyclic) bond motifs is 3. The molecule has 170 valence electrons. The van der Waals surface area contributed by atoms with Crippen molar-refractivity contribution in [2.75, 3.05) is 7.11 Å². The van der Waals surface area contributed by atoms with Gasteiger partial charge in [-0.15, -0.1) is 0 Å². The Morgan fingerprint density at radius 3 is 2.50 bits per heavy atom. The number of aliphatic imine (C=N–C) groups is 1. The molecule has 2 aromatic rings. The van der Waals surface area contributed by atoms with Crippen LogP contribution >= 0.6 is 0 Å². The van der Waals surface area contributed by atoms with Crippen LogP contribution in [0.25, 0.3) is 16.8 Å². The summed E-state index contributed by atoms with van der Waals surface area (Å²) < 4.78 is 32.7. The van der Waals surface area contributed by atoms with Crippen LogP contribution in [0.5, 0.6) is 5.75 Å². The molecule has 1 aliphatic heterocycles. The van der Waals surface area contributed by atoms with Crippen molar-refractivity contribution in [3.8, 4) is 17.0 Å². The highest BCUT2D eigenvalue weighted by Gasteiger charge is 2.34. The lowest BCUT2D eigenvalue weighted by atomic mass is 9.78. The quantitative estimate of drug-likeness (QED) is 0.420. The fraction of sp³-hybridized carbons (Fsp3) is 0.375. The van der Waals surface area contributed by atoms with Crippen LogP contribution in [-0.2, 0) is 6.42 Å². The molecular weight excluding hydrogens is 416 g/mol. The molecule has 6 nitrogen and oxygen atoms in total. The van der Waals surface area contributed by atoms with E-state index in [2.05, 4.69) is 25.8 Å². The van der Waals surface area contributed by atoms with E-state index in [0.29, 0.717) is 29.0 Å². The van der Waals surface area contributed by atoms with E-state index >= 15 is 0 Å². The van der Waals surface area contributed by atoms with E-state index in [4.69, 9.17) is 10.5 Å². The van der Waals surface area contributed by atoms with Crippen molar-refractivity contribution >= 4 is 17.6 Å². The second-order valence-electron chi connectivity index (χ2n) is 8.87. The summed E-state index contributed by atoms with van der Waals surface area (Å²) in [6, 6.07) is 5.03. The lowest BCUT2D eigenvalue weighted by Gasteiger charge is -2.39. The third-order valence-electron chi connectivity index (χ3n) is 5.73. The van der Waals surface area contributed by atoms with Gasteiger partial charge in [0, 0.05) is 47.4 Å². The van der Waals surface area contributed by atoms with Gasteiger partial charge in [-0.05, 0) is 36.5 Å². The smallest absolute Gasteiger partial charge is 0.331 e. The zero-order valence-corrected chi connectivity index (χ0v) is 18.8. The van der Waals surface area contributed by atoms with Gasteiger partial charge in [-0.25, -0.2) is 4.99 Å². The number of rotatable bonds is 5. The number of carbonyl (C=O) groups is 1. The summed E-state index contributed by atoms with van der Waals surface area (Å²) in [5.74, 6) is 0.123. The molecule has 0 bridgehead atoms. The van der Waals surface area contributed by atoms with E-state index in [1.54, 1.807) is 12.3 Å². The van der Waals surface area contributed by atoms with E-state index in [-0.39, 0.29) is 28.2 Å². The number of hydrogen-bond donors (Lipinski definition) is 1. The number of carbonyl (C=O) groups excluding carboxylic acids is 1. The van der Waals surface area contributed by atoms with Crippen molar-refractivity contribution in [3.63, 3.8) is 0 Å². The molecule has 0 saturated carbocycles. The third kappa shape index (κ3) is 4.35. The number of halogens is 2. The van der Waals surface area contributed by atoms with E-state index in [1.807, 2.05) is 10.6 Å². The number of Topliss-reactive ketones (excluding diaryl/α,β-unsaturated/α-hetero) is 1. The first-order valence-corrected chi connectivity index (χ1v) is 10.2. The molecular formula is C24H27F2N3O3. The molecule has 1 aliphatic rings. The van der Waals surface area contributed by atoms with Crippen LogP contribution in [0.15, 0.2) is 40.4 Å². The molecule has 8 heteroatoms. The second kappa shape index (κ2) is 8.68. The maximum atomic E-state index is 12.6. The van der Waals surface area contributed by atoms with E-state index in [1.165, 1.54) is 26.3 Å². The lowest BCUT2D eigenvalue weighted by Crippen LogP contribution is -2.32. The Morgan fingerprint density at radius 1 is 1.28 bits per heavy atom. The summed E-state index contributed by atoms with van der Waals surface area (Å²) in [7, 11) is 1.47. The molecule has 0 radical (unpaired) electrons. The molecule has 3 rings (SSSR count). The first-order chi connectivity index (χ1) is 15.0. The van der Waals surface area contributed by atoms with Gasteiger partial charge in [0.25, 0.3) is 0 Å². The Morgan fingerprint density at radius 2 is 1.97 bits per heavy atom. The van der Waals surface area contributed by atoms with Gasteiger partial charge < -0.3 is 15.0 Å². The minimum atomic E-state index is -2.85. The van der Waals surface area contributed by atoms with Crippen molar-refractivity contribution in [1.82, 2.24) is 4.57 Å². The first kappa shape index (κ1) is 23.4. The maximum absolute atomic E-state index is 12.6. The van der Waals surface area contributed by atoms with Gasteiger partial charge in [-0.1, -0.05) is 20.8 Å². The molecule has 2 heterocycles. The maximum Gasteiger partial charge on any atom is 0.331 e. The number of alkyl halides is 2. The Labute approximate surface area is 185 Å². The number of benzene rings is 1. The van der Waals surface area contributed by atoms with Gasteiger partial charge >= 0.3 is 6.55 Å². The van der Waals surface area contributed by atoms with Crippen molar-refractivity contribution in [2.45, 2.75) is 46.7 Å². The number of nitrogens with zero attached hydrogens (tertiary/aromatic N) is 2. The SMILES string of the molecule is COc1cc2c(cc1C(C=NC(F)F)=CN)CC(C(C)(C)C)n1cc(C(C)=O)c(=O)cc1-2. The number of allylic oxidation sites excluding steroid dienone is 1. The van der Waals surface area contributed by atoms with Crippen LogP contribution in [0.2, 0.25) is 0 Å². The van der Waals surface area contributed by atoms with Gasteiger partial charge in [0.05, 0.1) is 18.4 Å². The number of ketones is 1. The van der Waals surface area contributed by atoms with Gasteiger partial charge in [0.2, 0.25) is 0 Å². The largest absolute Gasteiger partial charge is 0.496 e. The average Bonchev–Trinajstić information content (AvgIpc) is 2.71. The van der Waals surface area contributed by atoms with Crippen LogP contribution in [0.4, 0.5) is 8.78 Å². The molecule has 0 saturated heterocycles. The summed E-state index contributed by atoms with van der Waals surface area (Å²) in [6.07, 6.45) is 4.47. The number of ether oxygens (including phenoxy) is 1. The molecule has 1 aromatic heterocycles. The zero-order valence-electron chi connectivity index (χ0n) is 18.8. The fourth-order valence-electron chi connectivity index (χ4n) is 4.08. The molecule has 1 unspecified atom stereocenters. The fourth-order valence-corrected chi connectivity index (χ4v) is 4.08. The van der Waals surface area contributed by atoms with Crippen LogP contribution in [0.1, 0.15) is 55.2 Å². The molecule has 1 aromatic carbocycles. The minimum absolute atomic E-state index is 0.0509. The predicted octanol–water partition coefficient (Wildman–Crippen LogP) is 4.46. The first-order valence-electron chi connectivity index (χ1n) is 10.2. The predicted molar refractivity (Wildman–Crippen MR) is 122 cm³/mol. The Bertz CT molecular complexity index is 1170. The van der Waals surface area contributed by atoms with Crippen LogP contribution in [0.3, 0.4) is 0 Å². The zero-order chi connectivity index (χ0) is 23.8. The van der Waals surface area contributed by atoms with Crippen LogP contribution < -0.4 is 15.9 Å². The topological polar surface area (TPSA) is 86.7 Å². The van der Waals surface area contributed by atoms with Gasteiger partial charge in [0.1, 0.15) is 5.75 Å². The third-order valence-corrected chi connectivity index (χ3v) is 5.73. The van der Waals surface area contributed by atoms with Crippen molar-refractivity contribution in [2.24, 2.45) is 16.1 Å². The van der Waals surface area contributed by atoms with Crippen molar-refractivity contribution in [3.05, 3.63) is 57.5 Å². The van der Waals surface area contributed by atoms with E-state index in [9.17, 15) is 18.4 Å². The average molecular weight is 443 g/mol.